The van der Waals surface area contributed by atoms with E-state index in [1.807, 2.05) is 0 Å². The smallest absolute Gasteiger partial charge is 0.343 e. The summed E-state index contributed by atoms with van der Waals surface area (Å²) in [5.41, 5.74) is 0.388. The molecule has 2 unspecified atom stereocenters. The van der Waals surface area contributed by atoms with Crippen LogP contribution in [0, 0.1) is 5.82 Å². The predicted molar refractivity (Wildman–Crippen MR) is 105 cm³/mol. The monoisotopic (exact) mass is 391 g/mol. The topological polar surface area (TPSA) is 57.5 Å². The first-order valence-electron chi connectivity index (χ1n) is 7.75. The molecule has 0 saturated carbocycles. The molecule has 0 bridgehead atoms. The van der Waals surface area contributed by atoms with Gasteiger partial charge in [-0.25, -0.2) is 9.18 Å². The summed E-state index contributed by atoms with van der Waals surface area (Å²) in [6.07, 6.45) is 1.38. The molecule has 0 spiro atoms. The van der Waals surface area contributed by atoms with Gasteiger partial charge in [-0.3, -0.25) is 4.79 Å². The second kappa shape index (κ2) is 7.53. The van der Waals surface area contributed by atoms with Crippen molar-refractivity contribution in [2.75, 3.05) is 6.61 Å². The second-order valence-electron chi connectivity index (χ2n) is 5.46. The SMILES string of the molecule is CCOC(=O)c1cn(-c2ccc(OP)cc2)c2cc(F)c(P)cc2c1=O. The van der Waals surface area contributed by atoms with Crippen molar-refractivity contribution in [1.29, 1.82) is 0 Å². The Morgan fingerprint density at radius 3 is 2.54 bits per heavy atom. The molecule has 0 aliphatic heterocycles. The largest absolute Gasteiger partial charge is 0.480 e. The molecule has 134 valence electrons. The summed E-state index contributed by atoms with van der Waals surface area (Å²) in [5, 5.41) is 0.474. The number of benzene rings is 2. The lowest BCUT2D eigenvalue weighted by Gasteiger charge is -2.14. The van der Waals surface area contributed by atoms with Crippen LogP contribution in [0.15, 0.2) is 47.4 Å². The lowest BCUT2D eigenvalue weighted by Crippen LogP contribution is -2.21. The molecule has 0 N–H and O–H groups in total. The average Bonchev–Trinajstić information content (AvgIpc) is 2.64. The Labute approximate surface area is 153 Å². The number of halogens is 1. The van der Waals surface area contributed by atoms with Crippen molar-refractivity contribution in [2.45, 2.75) is 6.92 Å². The Morgan fingerprint density at radius 2 is 1.92 bits per heavy atom. The van der Waals surface area contributed by atoms with Crippen LogP contribution < -0.4 is 15.3 Å². The quantitative estimate of drug-likeness (QED) is 0.507. The molecule has 0 radical (unpaired) electrons. The molecule has 8 heteroatoms. The molecule has 0 amide bonds. The number of ether oxygens (including phenoxy) is 1. The van der Waals surface area contributed by atoms with Crippen LogP contribution >= 0.6 is 18.7 Å². The highest BCUT2D eigenvalue weighted by Crippen LogP contribution is 2.22. The predicted octanol–water partition coefficient (Wildman–Crippen LogP) is 2.98. The molecule has 1 heterocycles. The Balaban J connectivity index is 2.34. The third-order valence-corrected chi connectivity index (χ3v) is 4.58. The molecular formula is C18H16FNO4P2. The number of nitrogens with zero attached hydrogens (tertiary/aromatic N) is 1. The summed E-state index contributed by atoms with van der Waals surface area (Å²) in [6, 6.07) is 9.61. The summed E-state index contributed by atoms with van der Waals surface area (Å²) in [5.74, 6) is -0.565. The van der Waals surface area contributed by atoms with Crippen molar-refractivity contribution in [3.63, 3.8) is 0 Å². The van der Waals surface area contributed by atoms with Crippen LogP contribution in [0.4, 0.5) is 4.39 Å². The van der Waals surface area contributed by atoms with Gasteiger partial charge in [0.05, 0.1) is 21.6 Å². The first-order valence-corrected chi connectivity index (χ1v) is 8.79. The standard InChI is InChI=1S/C18H16FNO4P2/c1-2-23-18(22)13-9-20(10-3-5-11(24-26)6-4-10)15-8-14(19)16(25)7-12(15)17(13)21/h3-9H,2,25-26H2,1H3. The minimum absolute atomic E-state index is 0.110. The summed E-state index contributed by atoms with van der Waals surface area (Å²) >= 11 is 0. The van der Waals surface area contributed by atoms with E-state index in [-0.39, 0.29) is 22.9 Å². The molecule has 0 aliphatic rings. The summed E-state index contributed by atoms with van der Waals surface area (Å²) < 4.78 is 25.8. The maximum absolute atomic E-state index is 14.1. The zero-order valence-electron chi connectivity index (χ0n) is 13.9. The van der Waals surface area contributed by atoms with Crippen LogP contribution in [-0.2, 0) is 4.74 Å². The van der Waals surface area contributed by atoms with E-state index in [4.69, 9.17) is 9.26 Å². The zero-order valence-corrected chi connectivity index (χ0v) is 16.2. The van der Waals surface area contributed by atoms with E-state index in [1.54, 1.807) is 35.8 Å². The fourth-order valence-corrected chi connectivity index (χ4v) is 3.02. The molecule has 3 aromatic rings. The Bertz CT molecular complexity index is 1050. The van der Waals surface area contributed by atoms with Crippen molar-refractivity contribution in [1.82, 2.24) is 4.57 Å². The second-order valence-corrected chi connectivity index (χ2v) is 6.32. The molecule has 0 saturated heterocycles. The Kier molecular flexibility index (Phi) is 5.36. The number of aromatic nitrogens is 1. The van der Waals surface area contributed by atoms with Gasteiger partial charge in [0, 0.05) is 22.6 Å². The van der Waals surface area contributed by atoms with Gasteiger partial charge < -0.3 is 13.8 Å². The number of pyridine rings is 1. The molecule has 3 rings (SSSR count). The number of rotatable bonds is 4. The van der Waals surface area contributed by atoms with Crippen molar-refractivity contribution < 1.29 is 18.4 Å². The van der Waals surface area contributed by atoms with Crippen LogP contribution in [0.2, 0.25) is 0 Å². The molecule has 0 fully saturated rings. The van der Waals surface area contributed by atoms with E-state index >= 15 is 0 Å². The summed E-state index contributed by atoms with van der Waals surface area (Å²) in [6.45, 7) is 1.81. The van der Waals surface area contributed by atoms with Crippen LogP contribution in [0.25, 0.3) is 16.6 Å². The number of carbonyl (C=O) groups is 1. The van der Waals surface area contributed by atoms with E-state index in [1.165, 1.54) is 18.3 Å². The van der Waals surface area contributed by atoms with E-state index in [9.17, 15) is 14.0 Å². The van der Waals surface area contributed by atoms with E-state index < -0.39 is 17.2 Å². The van der Waals surface area contributed by atoms with Gasteiger partial charge in [-0.15, -0.1) is 9.24 Å². The molecule has 2 atom stereocenters. The molecule has 26 heavy (non-hydrogen) atoms. The van der Waals surface area contributed by atoms with E-state index in [0.29, 0.717) is 17.0 Å². The zero-order chi connectivity index (χ0) is 18.8. The lowest BCUT2D eigenvalue weighted by atomic mass is 10.1. The lowest BCUT2D eigenvalue weighted by molar-refractivity contribution is 0.0524. The number of fused-ring (bicyclic) bond motifs is 1. The van der Waals surface area contributed by atoms with Gasteiger partial charge in [-0.05, 0) is 43.3 Å². The molecule has 1 aromatic heterocycles. The Hall–Kier alpha value is -2.29. The van der Waals surface area contributed by atoms with Gasteiger partial charge in [0.15, 0.2) is 0 Å². The Morgan fingerprint density at radius 1 is 1.23 bits per heavy atom. The molecule has 2 aromatic carbocycles. The summed E-state index contributed by atoms with van der Waals surface area (Å²) in [4.78, 5) is 24.9. The first-order chi connectivity index (χ1) is 12.5. The third kappa shape index (κ3) is 3.35. The van der Waals surface area contributed by atoms with Crippen molar-refractivity contribution in [2.24, 2.45) is 0 Å². The molecule has 0 aliphatic carbocycles. The van der Waals surface area contributed by atoms with Crippen molar-refractivity contribution in [3.8, 4) is 11.4 Å². The minimum atomic E-state index is -0.715. The van der Waals surface area contributed by atoms with Gasteiger partial charge in [0.2, 0.25) is 5.43 Å². The van der Waals surface area contributed by atoms with Gasteiger partial charge in [0.1, 0.15) is 17.1 Å². The minimum Gasteiger partial charge on any atom is -0.480 e. The normalized spacial score (nSPS) is 10.8. The van der Waals surface area contributed by atoms with Crippen LogP contribution in [0.3, 0.4) is 0 Å². The van der Waals surface area contributed by atoms with E-state index in [2.05, 4.69) is 18.7 Å². The van der Waals surface area contributed by atoms with Crippen LogP contribution in [-0.4, -0.2) is 17.1 Å². The highest BCUT2D eigenvalue weighted by atomic mass is 31.0. The average molecular weight is 391 g/mol. The van der Waals surface area contributed by atoms with E-state index in [0.717, 1.165) is 0 Å². The van der Waals surface area contributed by atoms with Gasteiger partial charge in [-0.1, -0.05) is 0 Å². The number of hydrogen-bond acceptors (Lipinski definition) is 4. The van der Waals surface area contributed by atoms with Gasteiger partial charge >= 0.3 is 5.97 Å². The molecule has 5 nitrogen and oxygen atoms in total. The highest BCUT2D eigenvalue weighted by Gasteiger charge is 2.18. The van der Waals surface area contributed by atoms with Gasteiger partial charge in [0.25, 0.3) is 0 Å². The van der Waals surface area contributed by atoms with Crippen molar-refractivity contribution in [3.05, 3.63) is 64.2 Å². The fraction of sp³-hybridized carbons (Fsp3) is 0.111. The number of esters is 1. The first kappa shape index (κ1) is 18.5. The maximum Gasteiger partial charge on any atom is 0.343 e. The maximum atomic E-state index is 14.1. The molecular weight excluding hydrogens is 375 g/mol. The van der Waals surface area contributed by atoms with Gasteiger partial charge in [-0.2, -0.15) is 0 Å². The fourth-order valence-electron chi connectivity index (χ4n) is 2.62. The van der Waals surface area contributed by atoms with Crippen LogP contribution in [0.5, 0.6) is 5.75 Å². The highest BCUT2D eigenvalue weighted by molar-refractivity contribution is 7.27. The summed E-state index contributed by atoms with van der Waals surface area (Å²) in [7, 11) is 4.39. The number of carbonyl (C=O) groups excluding carboxylic acids is 1. The van der Waals surface area contributed by atoms with Crippen molar-refractivity contribution >= 4 is 40.9 Å². The third-order valence-electron chi connectivity index (χ3n) is 3.87. The number of hydrogen-bond donors (Lipinski definition) is 0. The van der Waals surface area contributed by atoms with Crippen LogP contribution in [0.1, 0.15) is 17.3 Å².